The quantitative estimate of drug-likeness (QED) is 0.518. The van der Waals surface area contributed by atoms with Gasteiger partial charge in [0, 0.05) is 11.8 Å². The molecule has 0 spiro atoms. The van der Waals surface area contributed by atoms with Gasteiger partial charge in [-0.3, -0.25) is 0 Å². The van der Waals surface area contributed by atoms with E-state index in [1.807, 2.05) is 0 Å². The van der Waals surface area contributed by atoms with Gasteiger partial charge in [-0.1, -0.05) is 39.8 Å². The predicted molar refractivity (Wildman–Crippen MR) is 52.3 cm³/mol. The topological polar surface area (TPSA) is 9.23 Å². The molecule has 2 heterocycles. The molecule has 1 aliphatic carbocycles. The molecule has 0 aromatic carbocycles. The summed E-state index contributed by atoms with van der Waals surface area (Å²) in [7, 11) is 0. The maximum absolute atomic E-state index is 6.13. The number of hydrogen-bond donors (Lipinski definition) is 0. The molecule has 0 saturated carbocycles. The van der Waals surface area contributed by atoms with E-state index < -0.39 is 0 Å². The highest BCUT2D eigenvalue weighted by Crippen LogP contribution is 2.65. The second kappa shape index (κ2) is 1.88. The fourth-order valence-corrected chi connectivity index (χ4v) is 3.35. The zero-order valence-electron chi connectivity index (χ0n) is 8.87. The van der Waals surface area contributed by atoms with Crippen LogP contribution in [-0.2, 0) is 4.74 Å². The van der Waals surface area contributed by atoms with E-state index in [0.29, 0.717) is 23.0 Å². The van der Waals surface area contributed by atoms with Crippen LogP contribution in [0.4, 0.5) is 0 Å². The average molecular weight is 178 g/mol. The highest BCUT2D eigenvalue weighted by molar-refractivity contribution is 5.27. The zero-order chi connectivity index (χ0) is 9.43. The summed E-state index contributed by atoms with van der Waals surface area (Å²) in [6, 6.07) is 0. The molecular weight excluding hydrogens is 160 g/mol. The average Bonchev–Trinajstić information content (AvgIpc) is 2.28. The third-order valence-electron chi connectivity index (χ3n) is 5.08. The molecule has 4 atom stereocenters. The van der Waals surface area contributed by atoms with Crippen LogP contribution in [0.1, 0.15) is 27.7 Å². The summed E-state index contributed by atoms with van der Waals surface area (Å²) in [6.45, 7) is 9.44. The fourth-order valence-electron chi connectivity index (χ4n) is 3.35. The predicted octanol–water partition coefficient (Wildman–Crippen LogP) is 2.62. The Bertz CT molecular complexity index is 259. The van der Waals surface area contributed by atoms with Crippen molar-refractivity contribution in [2.75, 3.05) is 0 Å². The van der Waals surface area contributed by atoms with E-state index in [4.69, 9.17) is 4.74 Å². The SMILES string of the molecule is CC1(C)[C@@H]2O[C@@H]([C@H]3C=C[C@H]32)C1(C)C. The van der Waals surface area contributed by atoms with Gasteiger partial charge < -0.3 is 4.74 Å². The second-order valence-electron chi connectivity index (χ2n) is 5.96. The van der Waals surface area contributed by atoms with Crippen molar-refractivity contribution in [2.24, 2.45) is 22.7 Å². The Morgan fingerprint density at radius 2 is 1.23 bits per heavy atom. The summed E-state index contributed by atoms with van der Waals surface area (Å²) >= 11 is 0. The third-order valence-corrected chi connectivity index (χ3v) is 5.08. The summed E-state index contributed by atoms with van der Waals surface area (Å²) in [4.78, 5) is 0. The summed E-state index contributed by atoms with van der Waals surface area (Å²) in [5.41, 5.74) is 0.674. The zero-order valence-corrected chi connectivity index (χ0v) is 8.87. The maximum Gasteiger partial charge on any atom is 0.0705 e. The molecule has 2 saturated heterocycles. The van der Waals surface area contributed by atoms with E-state index in [-0.39, 0.29) is 0 Å². The lowest BCUT2D eigenvalue weighted by Crippen LogP contribution is -2.51. The molecule has 2 bridgehead atoms. The first-order valence-corrected chi connectivity index (χ1v) is 5.30. The van der Waals surface area contributed by atoms with Crippen LogP contribution in [0.25, 0.3) is 0 Å². The second-order valence-corrected chi connectivity index (χ2v) is 5.96. The third kappa shape index (κ3) is 0.633. The normalized spacial score (nSPS) is 53.2. The molecule has 0 aromatic rings. The monoisotopic (exact) mass is 178 g/mol. The van der Waals surface area contributed by atoms with Crippen molar-refractivity contribution in [2.45, 2.75) is 39.9 Å². The van der Waals surface area contributed by atoms with Crippen molar-refractivity contribution in [3.05, 3.63) is 12.2 Å². The summed E-state index contributed by atoms with van der Waals surface area (Å²) in [5.74, 6) is 1.46. The molecule has 0 radical (unpaired) electrons. The first kappa shape index (κ1) is 8.05. The summed E-state index contributed by atoms with van der Waals surface area (Å²) in [5, 5.41) is 0. The molecular formula is C12H18O. The van der Waals surface area contributed by atoms with E-state index in [1.165, 1.54) is 0 Å². The number of rotatable bonds is 0. The van der Waals surface area contributed by atoms with Gasteiger partial charge in [0.05, 0.1) is 12.2 Å². The van der Waals surface area contributed by atoms with Gasteiger partial charge in [-0.2, -0.15) is 0 Å². The van der Waals surface area contributed by atoms with Gasteiger partial charge in [0.1, 0.15) is 0 Å². The Morgan fingerprint density at radius 3 is 1.54 bits per heavy atom. The van der Waals surface area contributed by atoms with E-state index in [9.17, 15) is 0 Å². The lowest BCUT2D eigenvalue weighted by Gasteiger charge is -2.49. The molecule has 1 heteroatoms. The first-order valence-electron chi connectivity index (χ1n) is 5.30. The fraction of sp³-hybridized carbons (Fsp3) is 0.833. The highest BCUT2D eigenvalue weighted by Gasteiger charge is 2.67. The smallest absolute Gasteiger partial charge is 0.0705 e. The molecule has 3 aliphatic rings. The Balaban J connectivity index is 2.08. The Kier molecular flexibility index (Phi) is 1.16. The number of fused-ring (bicyclic) bond motifs is 5. The molecule has 0 N–H and O–H groups in total. The summed E-state index contributed by atoms with van der Waals surface area (Å²) in [6.07, 6.45) is 5.63. The largest absolute Gasteiger partial charge is 0.373 e. The molecule has 2 aliphatic heterocycles. The van der Waals surface area contributed by atoms with Crippen molar-refractivity contribution in [3.63, 3.8) is 0 Å². The van der Waals surface area contributed by atoms with Crippen LogP contribution < -0.4 is 0 Å². The standard InChI is InChI=1S/C12H18O/c1-11(2)9-7-5-6-8(7)10(13-9)12(11,3)4/h5-10H,1-4H3/t7-,8+,9-,10+. The number of ether oxygens (including phenoxy) is 1. The van der Waals surface area contributed by atoms with Crippen molar-refractivity contribution in [1.29, 1.82) is 0 Å². The molecule has 0 amide bonds. The van der Waals surface area contributed by atoms with Crippen LogP contribution in [0, 0.1) is 22.7 Å². The highest BCUT2D eigenvalue weighted by atomic mass is 16.5. The van der Waals surface area contributed by atoms with E-state index >= 15 is 0 Å². The number of hydrogen-bond acceptors (Lipinski definition) is 1. The van der Waals surface area contributed by atoms with Crippen LogP contribution in [0.2, 0.25) is 0 Å². The van der Waals surface area contributed by atoms with Crippen molar-refractivity contribution >= 4 is 0 Å². The van der Waals surface area contributed by atoms with Crippen LogP contribution >= 0.6 is 0 Å². The van der Waals surface area contributed by atoms with Gasteiger partial charge in [0.2, 0.25) is 0 Å². The molecule has 72 valence electrons. The van der Waals surface area contributed by atoms with E-state index in [1.54, 1.807) is 0 Å². The van der Waals surface area contributed by atoms with Crippen LogP contribution in [-0.4, -0.2) is 12.2 Å². The van der Waals surface area contributed by atoms with Crippen LogP contribution in [0.5, 0.6) is 0 Å². The van der Waals surface area contributed by atoms with Gasteiger partial charge >= 0.3 is 0 Å². The van der Waals surface area contributed by atoms with Gasteiger partial charge in [-0.15, -0.1) is 0 Å². The van der Waals surface area contributed by atoms with Gasteiger partial charge in [0.25, 0.3) is 0 Å². The van der Waals surface area contributed by atoms with Gasteiger partial charge in [-0.25, -0.2) is 0 Å². The Hall–Kier alpha value is -0.300. The van der Waals surface area contributed by atoms with Crippen molar-refractivity contribution in [3.8, 4) is 0 Å². The van der Waals surface area contributed by atoms with Gasteiger partial charge in [-0.05, 0) is 10.8 Å². The molecule has 13 heavy (non-hydrogen) atoms. The Labute approximate surface area is 80.2 Å². The first-order chi connectivity index (χ1) is 5.96. The molecule has 3 rings (SSSR count). The summed E-state index contributed by atoms with van der Waals surface area (Å²) < 4.78 is 6.13. The molecule has 2 fully saturated rings. The minimum Gasteiger partial charge on any atom is -0.373 e. The van der Waals surface area contributed by atoms with E-state index in [2.05, 4.69) is 39.8 Å². The Morgan fingerprint density at radius 1 is 0.846 bits per heavy atom. The van der Waals surface area contributed by atoms with Crippen molar-refractivity contribution in [1.82, 2.24) is 0 Å². The maximum atomic E-state index is 6.13. The molecule has 1 nitrogen and oxygen atoms in total. The minimum absolute atomic E-state index is 0.337. The van der Waals surface area contributed by atoms with E-state index in [0.717, 1.165) is 11.8 Å². The molecule has 0 unspecified atom stereocenters. The van der Waals surface area contributed by atoms with Crippen LogP contribution in [0.15, 0.2) is 12.2 Å². The lowest BCUT2D eigenvalue weighted by atomic mass is 9.51. The van der Waals surface area contributed by atoms with Crippen LogP contribution in [0.3, 0.4) is 0 Å². The molecule has 0 aromatic heterocycles. The van der Waals surface area contributed by atoms with Crippen molar-refractivity contribution < 1.29 is 4.74 Å². The lowest BCUT2D eigenvalue weighted by molar-refractivity contribution is 0.0415. The minimum atomic E-state index is 0.337. The van der Waals surface area contributed by atoms with Gasteiger partial charge in [0.15, 0.2) is 0 Å².